The van der Waals surface area contributed by atoms with Crippen LogP contribution < -0.4 is 10.6 Å². The fraction of sp³-hybridized carbons (Fsp3) is 0.500. The molecule has 2 N–H and O–H groups in total. The molecule has 5 nitrogen and oxygen atoms in total. The van der Waals surface area contributed by atoms with Crippen molar-refractivity contribution < 1.29 is 18.4 Å². The van der Waals surface area contributed by atoms with E-state index in [1.807, 2.05) is 6.92 Å². The van der Waals surface area contributed by atoms with Gasteiger partial charge in [0.15, 0.2) is 0 Å². The van der Waals surface area contributed by atoms with Crippen molar-refractivity contribution in [2.24, 2.45) is 0 Å². The van der Waals surface area contributed by atoms with Crippen molar-refractivity contribution in [1.29, 1.82) is 0 Å². The van der Waals surface area contributed by atoms with Gasteiger partial charge in [-0.05, 0) is 12.5 Å². The molecule has 2 amide bonds. The van der Waals surface area contributed by atoms with Crippen molar-refractivity contribution in [3.05, 3.63) is 35.4 Å². The first-order valence-electron chi connectivity index (χ1n) is 7.74. The minimum Gasteiger partial charge on any atom is -0.353 e. The van der Waals surface area contributed by atoms with Crippen LogP contribution in [0.1, 0.15) is 31.4 Å². The second kappa shape index (κ2) is 8.01. The molecule has 1 fully saturated rings. The second-order valence-electron chi connectivity index (χ2n) is 5.55. The quantitative estimate of drug-likeness (QED) is 0.830. The van der Waals surface area contributed by atoms with Gasteiger partial charge in [0, 0.05) is 30.8 Å². The Hall–Kier alpha value is -2.02. The summed E-state index contributed by atoms with van der Waals surface area (Å²) in [6, 6.07) is 3.08. The molecule has 0 spiro atoms. The van der Waals surface area contributed by atoms with Gasteiger partial charge in [-0.3, -0.25) is 9.59 Å². The number of amides is 2. The lowest BCUT2D eigenvalue weighted by molar-refractivity contribution is -0.137. The van der Waals surface area contributed by atoms with Gasteiger partial charge in [-0.25, -0.2) is 8.78 Å². The SMILES string of the molecule is CCC[C@@H](NCC(=O)N1CCNC(=O)C1)c1ccc(F)cc1F. The van der Waals surface area contributed by atoms with Crippen molar-refractivity contribution >= 4 is 11.8 Å². The van der Waals surface area contributed by atoms with Gasteiger partial charge >= 0.3 is 0 Å². The fourth-order valence-corrected chi connectivity index (χ4v) is 2.61. The van der Waals surface area contributed by atoms with Crippen LogP contribution >= 0.6 is 0 Å². The number of hydrogen-bond donors (Lipinski definition) is 2. The molecule has 2 rings (SSSR count). The molecule has 1 saturated heterocycles. The summed E-state index contributed by atoms with van der Waals surface area (Å²) < 4.78 is 27.0. The third kappa shape index (κ3) is 4.72. The molecule has 1 aromatic rings. The van der Waals surface area contributed by atoms with Gasteiger partial charge < -0.3 is 15.5 Å². The summed E-state index contributed by atoms with van der Waals surface area (Å²) in [4.78, 5) is 24.9. The minimum absolute atomic E-state index is 0.00869. The van der Waals surface area contributed by atoms with E-state index in [2.05, 4.69) is 10.6 Å². The van der Waals surface area contributed by atoms with Crippen LogP contribution in [0.2, 0.25) is 0 Å². The third-order valence-electron chi connectivity index (χ3n) is 3.81. The average molecular weight is 325 g/mol. The number of hydrogen-bond acceptors (Lipinski definition) is 3. The zero-order valence-corrected chi connectivity index (χ0v) is 13.1. The molecule has 1 atom stereocenters. The van der Waals surface area contributed by atoms with E-state index >= 15 is 0 Å². The lowest BCUT2D eigenvalue weighted by Gasteiger charge is -2.28. The lowest BCUT2D eigenvalue weighted by atomic mass is 10.0. The summed E-state index contributed by atoms with van der Waals surface area (Å²) in [5.41, 5.74) is 0.345. The number of rotatable bonds is 6. The Morgan fingerprint density at radius 1 is 1.43 bits per heavy atom. The Bertz CT molecular complexity index is 580. The van der Waals surface area contributed by atoms with Crippen LogP contribution in [-0.2, 0) is 9.59 Å². The molecule has 0 aliphatic carbocycles. The molecule has 1 aliphatic heterocycles. The van der Waals surface area contributed by atoms with Gasteiger partial charge in [0.05, 0.1) is 13.1 Å². The predicted molar refractivity (Wildman–Crippen MR) is 81.6 cm³/mol. The highest BCUT2D eigenvalue weighted by Crippen LogP contribution is 2.22. The molecule has 0 aromatic heterocycles. The second-order valence-corrected chi connectivity index (χ2v) is 5.55. The topological polar surface area (TPSA) is 61.4 Å². The molecule has 7 heteroatoms. The van der Waals surface area contributed by atoms with Gasteiger partial charge in [0.2, 0.25) is 11.8 Å². The van der Waals surface area contributed by atoms with Crippen LogP contribution in [0.25, 0.3) is 0 Å². The highest BCUT2D eigenvalue weighted by molar-refractivity contribution is 5.86. The number of halogens is 2. The van der Waals surface area contributed by atoms with Gasteiger partial charge in [0.25, 0.3) is 0 Å². The van der Waals surface area contributed by atoms with Gasteiger partial charge in [-0.2, -0.15) is 0 Å². The number of piperazine rings is 1. The smallest absolute Gasteiger partial charge is 0.239 e. The monoisotopic (exact) mass is 325 g/mol. The number of nitrogens with one attached hydrogen (secondary N) is 2. The van der Waals surface area contributed by atoms with Crippen molar-refractivity contribution in [3.8, 4) is 0 Å². The Labute approximate surface area is 134 Å². The first kappa shape index (κ1) is 17.3. The maximum Gasteiger partial charge on any atom is 0.239 e. The first-order chi connectivity index (χ1) is 11.0. The van der Waals surface area contributed by atoms with Crippen LogP contribution in [0.15, 0.2) is 18.2 Å². The van der Waals surface area contributed by atoms with Crippen molar-refractivity contribution in [2.45, 2.75) is 25.8 Å². The van der Waals surface area contributed by atoms with E-state index in [9.17, 15) is 18.4 Å². The van der Waals surface area contributed by atoms with Crippen LogP contribution in [0.5, 0.6) is 0 Å². The highest BCUT2D eigenvalue weighted by Gasteiger charge is 2.22. The molecule has 1 aromatic carbocycles. The predicted octanol–water partition coefficient (Wildman–Crippen LogP) is 1.35. The zero-order valence-electron chi connectivity index (χ0n) is 13.1. The van der Waals surface area contributed by atoms with Gasteiger partial charge in [-0.1, -0.05) is 19.4 Å². The molecular weight excluding hydrogens is 304 g/mol. The van der Waals surface area contributed by atoms with E-state index < -0.39 is 11.6 Å². The molecule has 0 radical (unpaired) electrons. The molecule has 0 unspecified atom stereocenters. The molecule has 0 bridgehead atoms. The highest BCUT2D eigenvalue weighted by atomic mass is 19.1. The summed E-state index contributed by atoms with van der Waals surface area (Å²) in [7, 11) is 0. The summed E-state index contributed by atoms with van der Waals surface area (Å²) in [5, 5.41) is 5.68. The standard InChI is InChI=1S/C16H21F2N3O2/c1-2-3-14(12-5-4-11(17)8-13(12)18)20-9-16(23)21-7-6-19-15(22)10-21/h4-5,8,14,20H,2-3,6-7,9-10H2,1H3,(H,19,22)/t14-/m1/s1. The summed E-state index contributed by atoms with van der Waals surface area (Å²) >= 11 is 0. The van der Waals surface area contributed by atoms with E-state index in [4.69, 9.17) is 0 Å². The zero-order chi connectivity index (χ0) is 16.8. The molecule has 1 heterocycles. The normalized spacial score (nSPS) is 16.1. The average Bonchev–Trinajstić information content (AvgIpc) is 2.51. The van der Waals surface area contributed by atoms with Crippen molar-refractivity contribution in [2.75, 3.05) is 26.2 Å². The largest absolute Gasteiger partial charge is 0.353 e. The number of carbonyl (C=O) groups is 2. The Balaban J connectivity index is 1.99. The van der Waals surface area contributed by atoms with E-state index in [1.54, 1.807) is 0 Å². The maximum atomic E-state index is 13.9. The number of nitrogens with zero attached hydrogens (tertiary/aromatic N) is 1. The van der Waals surface area contributed by atoms with Crippen LogP contribution in [0, 0.1) is 11.6 Å². The van der Waals surface area contributed by atoms with Crippen molar-refractivity contribution in [3.63, 3.8) is 0 Å². The van der Waals surface area contributed by atoms with Gasteiger partial charge in [0.1, 0.15) is 11.6 Å². The number of benzene rings is 1. The van der Waals surface area contributed by atoms with Crippen molar-refractivity contribution in [1.82, 2.24) is 15.5 Å². The third-order valence-corrected chi connectivity index (χ3v) is 3.81. The van der Waals surface area contributed by atoms with Gasteiger partial charge in [-0.15, -0.1) is 0 Å². The fourth-order valence-electron chi connectivity index (χ4n) is 2.61. The maximum absolute atomic E-state index is 13.9. The van der Waals surface area contributed by atoms with Crippen LogP contribution in [0.4, 0.5) is 8.78 Å². The molecular formula is C16H21F2N3O2. The van der Waals surface area contributed by atoms with E-state index in [1.165, 1.54) is 17.0 Å². The summed E-state index contributed by atoms with van der Waals surface area (Å²) in [5.74, 6) is -1.64. The summed E-state index contributed by atoms with van der Waals surface area (Å²) in [6.45, 7) is 2.91. The molecule has 126 valence electrons. The van der Waals surface area contributed by atoms with E-state index in [0.717, 1.165) is 12.5 Å². The Morgan fingerprint density at radius 2 is 2.22 bits per heavy atom. The number of carbonyl (C=O) groups excluding carboxylic acids is 2. The minimum atomic E-state index is -0.628. The first-order valence-corrected chi connectivity index (χ1v) is 7.74. The molecule has 0 saturated carbocycles. The van der Waals surface area contributed by atoms with Crippen LogP contribution in [-0.4, -0.2) is 42.9 Å². The van der Waals surface area contributed by atoms with Crippen LogP contribution in [0.3, 0.4) is 0 Å². The molecule has 1 aliphatic rings. The Kier molecular flexibility index (Phi) is 6.04. The molecule has 23 heavy (non-hydrogen) atoms. The summed E-state index contributed by atoms with van der Waals surface area (Å²) in [6.07, 6.45) is 1.41. The Morgan fingerprint density at radius 3 is 2.87 bits per heavy atom. The lowest BCUT2D eigenvalue weighted by Crippen LogP contribution is -2.52. The van der Waals surface area contributed by atoms with E-state index in [0.29, 0.717) is 25.1 Å². The van der Waals surface area contributed by atoms with E-state index in [-0.39, 0.29) is 30.9 Å².